The zero-order chi connectivity index (χ0) is 20.0. The molecular weight excluding hydrogens is 351 g/mol. The van der Waals surface area contributed by atoms with Gasteiger partial charge in [-0.15, -0.1) is 0 Å². The highest BCUT2D eigenvalue weighted by atomic mass is 19.1. The van der Waals surface area contributed by atoms with Crippen LogP contribution in [0.3, 0.4) is 0 Å². The molecule has 0 atom stereocenters. The van der Waals surface area contributed by atoms with E-state index in [0.29, 0.717) is 25.3 Å². The molecule has 27 heavy (non-hydrogen) atoms. The maximum absolute atomic E-state index is 12.8. The Kier molecular flexibility index (Phi) is 6.76. The molecule has 7 nitrogen and oxygen atoms in total. The third-order valence-electron chi connectivity index (χ3n) is 4.24. The third kappa shape index (κ3) is 6.88. The van der Waals surface area contributed by atoms with Gasteiger partial charge in [0.15, 0.2) is 0 Å². The molecule has 1 aromatic carbocycles. The molecule has 1 aromatic rings. The Bertz CT molecular complexity index is 677. The summed E-state index contributed by atoms with van der Waals surface area (Å²) in [5, 5.41) is 7.98. The van der Waals surface area contributed by atoms with E-state index < -0.39 is 17.6 Å². The van der Waals surface area contributed by atoms with E-state index in [0.717, 1.165) is 12.8 Å². The molecule has 0 aromatic heterocycles. The Balaban J connectivity index is 1.71. The third-order valence-corrected chi connectivity index (χ3v) is 4.24. The summed E-state index contributed by atoms with van der Waals surface area (Å²) in [5.74, 6) is -1.72. The Labute approximate surface area is 158 Å². The molecule has 1 aliphatic rings. The summed E-state index contributed by atoms with van der Waals surface area (Å²) in [5.41, 5.74) is 0.0782. The van der Waals surface area contributed by atoms with E-state index in [-0.39, 0.29) is 17.5 Å². The van der Waals surface area contributed by atoms with E-state index in [1.807, 2.05) is 20.8 Å². The van der Waals surface area contributed by atoms with Crippen LogP contribution in [-0.4, -0.2) is 47.9 Å². The lowest BCUT2D eigenvalue weighted by atomic mass is 9.97. The van der Waals surface area contributed by atoms with Gasteiger partial charge in [-0.2, -0.15) is 0 Å². The van der Waals surface area contributed by atoms with Gasteiger partial charge in [-0.3, -0.25) is 9.59 Å². The maximum atomic E-state index is 12.8. The summed E-state index contributed by atoms with van der Waals surface area (Å²) in [6, 6.07) is 5.11. The lowest BCUT2D eigenvalue weighted by molar-refractivity contribution is -0.136. The van der Waals surface area contributed by atoms with Crippen molar-refractivity contribution >= 4 is 23.5 Å². The van der Waals surface area contributed by atoms with Crippen molar-refractivity contribution in [2.24, 2.45) is 5.92 Å². The number of urea groups is 1. The molecule has 0 unspecified atom stereocenters. The number of anilines is 1. The average molecular weight is 378 g/mol. The van der Waals surface area contributed by atoms with Crippen LogP contribution < -0.4 is 16.0 Å². The normalized spacial score (nSPS) is 15.2. The number of amides is 4. The molecule has 1 heterocycles. The summed E-state index contributed by atoms with van der Waals surface area (Å²) in [7, 11) is 0. The van der Waals surface area contributed by atoms with Crippen molar-refractivity contribution < 1.29 is 18.8 Å². The van der Waals surface area contributed by atoms with Crippen molar-refractivity contribution in [3.8, 4) is 0 Å². The highest BCUT2D eigenvalue weighted by Gasteiger charge is 2.26. The van der Waals surface area contributed by atoms with Gasteiger partial charge in [-0.25, -0.2) is 9.18 Å². The molecule has 8 heteroatoms. The molecule has 3 N–H and O–H groups in total. The van der Waals surface area contributed by atoms with Crippen LogP contribution in [0.4, 0.5) is 14.9 Å². The van der Waals surface area contributed by atoms with Gasteiger partial charge in [0.05, 0.1) is 0 Å². The van der Waals surface area contributed by atoms with Crippen molar-refractivity contribution in [1.82, 2.24) is 15.5 Å². The number of nitrogens with zero attached hydrogens (tertiary/aromatic N) is 1. The summed E-state index contributed by atoms with van der Waals surface area (Å²) < 4.78 is 12.8. The van der Waals surface area contributed by atoms with Gasteiger partial charge in [-0.05, 0) is 63.8 Å². The highest BCUT2D eigenvalue weighted by molar-refractivity contribution is 6.39. The number of halogens is 1. The molecule has 0 bridgehead atoms. The van der Waals surface area contributed by atoms with Crippen LogP contribution in [0.5, 0.6) is 0 Å². The lowest BCUT2D eigenvalue weighted by Gasteiger charge is -2.34. The van der Waals surface area contributed by atoms with E-state index in [1.54, 1.807) is 4.90 Å². The van der Waals surface area contributed by atoms with Crippen molar-refractivity contribution in [2.75, 3.05) is 25.0 Å². The van der Waals surface area contributed by atoms with E-state index in [4.69, 9.17) is 0 Å². The van der Waals surface area contributed by atoms with Gasteiger partial charge >= 0.3 is 17.8 Å². The number of carbonyl (C=O) groups excluding carboxylic acids is 3. The first-order valence-corrected chi connectivity index (χ1v) is 9.06. The van der Waals surface area contributed by atoms with E-state index in [9.17, 15) is 18.8 Å². The zero-order valence-corrected chi connectivity index (χ0v) is 16.0. The second-order valence-corrected chi connectivity index (χ2v) is 7.78. The molecule has 0 saturated carbocycles. The Morgan fingerprint density at radius 3 is 2.22 bits per heavy atom. The molecular formula is C19H27FN4O3. The summed E-state index contributed by atoms with van der Waals surface area (Å²) in [4.78, 5) is 37.7. The van der Waals surface area contributed by atoms with E-state index in [2.05, 4.69) is 16.0 Å². The van der Waals surface area contributed by atoms with Gasteiger partial charge in [0.1, 0.15) is 5.82 Å². The molecule has 0 radical (unpaired) electrons. The monoisotopic (exact) mass is 378 g/mol. The molecule has 1 saturated heterocycles. The van der Waals surface area contributed by atoms with Gasteiger partial charge in [0.25, 0.3) is 0 Å². The first kappa shape index (κ1) is 20.7. The molecule has 2 rings (SSSR count). The van der Waals surface area contributed by atoms with Crippen molar-refractivity contribution in [3.05, 3.63) is 30.1 Å². The van der Waals surface area contributed by atoms with Crippen molar-refractivity contribution in [3.63, 3.8) is 0 Å². The molecule has 1 fully saturated rings. The highest BCUT2D eigenvalue weighted by Crippen LogP contribution is 2.17. The van der Waals surface area contributed by atoms with Crippen LogP contribution in [0.15, 0.2) is 24.3 Å². The molecule has 148 valence electrons. The van der Waals surface area contributed by atoms with Gasteiger partial charge in [-0.1, -0.05) is 0 Å². The average Bonchev–Trinajstić information content (AvgIpc) is 2.60. The minimum atomic E-state index is -0.788. The van der Waals surface area contributed by atoms with E-state index in [1.165, 1.54) is 24.3 Å². The quantitative estimate of drug-likeness (QED) is 0.704. The number of hydrogen-bond acceptors (Lipinski definition) is 3. The number of nitrogens with one attached hydrogen (secondary N) is 3. The summed E-state index contributed by atoms with van der Waals surface area (Å²) in [6.45, 7) is 7.41. The van der Waals surface area contributed by atoms with Crippen LogP contribution >= 0.6 is 0 Å². The van der Waals surface area contributed by atoms with Crippen LogP contribution in [0.2, 0.25) is 0 Å². The van der Waals surface area contributed by atoms with Gasteiger partial charge < -0.3 is 20.9 Å². The standard InChI is InChI=1S/C19H27FN4O3/c1-19(2,3)23-18(27)24-10-8-13(9-11-24)12-21-16(25)17(26)22-15-6-4-14(20)5-7-15/h4-7,13H,8-12H2,1-3H3,(H,21,25)(H,22,26)(H,23,27). The molecule has 0 aliphatic carbocycles. The summed E-state index contributed by atoms with van der Waals surface area (Å²) in [6.07, 6.45) is 1.52. The minimum absolute atomic E-state index is 0.0799. The molecule has 1 aliphatic heterocycles. The smallest absolute Gasteiger partial charge is 0.317 e. The second kappa shape index (κ2) is 8.83. The summed E-state index contributed by atoms with van der Waals surface area (Å²) >= 11 is 0. The van der Waals surface area contributed by atoms with Crippen LogP contribution in [0.1, 0.15) is 33.6 Å². The number of hydrogen-bond donors (Lipinski definition) is 3. The molecule has 0 spiro atoms. The number of carbonyl (C=O) groups is 3. The van der Waals surface area contributed by atoms with Crippen molar-refractivity contribution in [1.29, 1.82) is 0 Å². The van der Waals surface area contributed by atoms with Gasteiger partial charge in [0.2, 0.25) is 0 Å². The number of piperidine rings is 1. The topological polar surface area (TPSA) is 90.5 Å². The first-order chi connectivity index (χ1) is 12.6. The number of benzene rings is 1. The van der Waals surface area contributed by atoms with E-state index >= 15 is 0 Å². The first-order valence-electron chi connectivity index (χ1n) is 9.06. The fourth-order valence-corrected chi connectivity index (χ4v) is 2.78. The fourth-order valence-electron chi connectivity index (χ4n) is 2.78. The fraction of sp³-hybridized carbons (Fsp3) is 0.526. The predicted molar refractivity (Wildman–Crippen MR) is 101 cm³/mol. The van der Waals surface area contributed by atoms with Gasteiger partial charge in [0, 0.05) is 30.9 Å². The number of rotatable bonds is 3. The molecule has 4 amide bonds. The number of likely N-dealkylation sites (tertiary alicyclic amines) is 1. The SMILES string of the molecule is CC(C)(C)NC(=O)N1CCC(CNC(=O)C(=O)Nc2ccc(F)cc2)CC1. The second-order valence-electron chi connectivity index (χ2n) is 7.78. The predicted octanol–water partition coefficient (Wildman–Crippen LogP) is 2.10. The van der Waals surface area contributed by atoms with Crippen molar-refractivity contribution in [2.45, 2.75) is 39.2 Å². The minimum Gasteiger partial charge on any atom is -0.348 e. The zero-order valence-electron chi connectivity index (χ0n) is 16.0. The lowest BCUT2D eigenvalue weighted by Crippen LogP contribution is -2.51. The van der Waals surface area contributed by atoms with Crippen LogP contribution in [0.25, 0.3) is 0 Å². The Morgan fingerprint density at radius 1 is 1.07 bits per heavy atom. The van der Waals surface area contributed by atoms with Crippen LogP contribution in [0, 0.1) is 11.7 Å². The Morgan fingerprint density at radius 2 is 1.67 bits per heavy atom. The Hall–Kier alpha value is -2.64. The largest absolute Gasteiger partial charge is 0.348 e. The maximum Gasteiger partial charge on any atom is 0.317 e. The van der Waals surface area contributed by atoms with Crippen LogP contribution in [-0.2, 0) is 9.59 Å².